The number of carbonyl (C=O) groups is 2. The van der Waals surface area contributed by atoms with E-state index in [1.165, 1.54) is 17.0 Å². The lowest BCUT2D eigenvalue weighted by Crippen LogP contribution is -2.53. The second kappa shape index (κ2) is 13.8. The third kappa shape index (κ3) is 7.43. The number of carbonyl (C=O) groups excluding carboxylic acids is 2. The first-order valence-electron chi connectivity index (χ1n) is 13.5. The fraction of sp³-hybridized carbons (Fsp3) is 0.355. The highest BCUT2D eigenvalue weighted by Crippen LogP contribution is 2.31. The van der Waals surface area contributed by atoms with Crippen molar-refractivity contribution in [1.82, 2.24) is 10.2 Å². The average molecular weight is 584 g/mol. The number of anilines is 1. The van der Waals surface area contributed by atoms with Gasteiger partial charge in [-0.25, -0.2) is 8.42 Å². The highest BCUT2D eigenvalue weighted by molar-refractivity contribution is 7.92. The van der Waals surface area contributed by atoms with Gasteiger partial charge in [0, 0.05) is 17.6 Å². The first kappa shape index (κ1) is 31.2. The topological polar surface area (TPSA) is 86.8 Å². The molecule has 2 atom stereocenters. The summed E-state index contributed by atoms with van der Waals surface area (Å²) in [6.45, 7) is 9.06. The van der Waals surface area contributed by atoms with E-state index in [1.807, 2.05) is 52.0 Å². The number of hydrogen-bond acceptors (Lipinski definition) is 4. The van der Waals surface area contributed by atoms with Gasteiger partial charge in [-0.3, -0.25) is 13.9 Å². The van der Waals surface area contributed by atoms with Crippen molar-refractivity contribution in [3.05, 3.63) is 94.5 Å². The van der Waals surface area contributed by atoms with Crippen molar-refractivity contribution < 1.29 is 18.0 Å². The third-order valence-corrected chi connectivity index (χ3v) is 9.16. The summed E-state index contributed by atoms with van der Waals surface area (Å²) < 4.78 is 29.0. The first-order valence-corrected chi connectivity index (χ1v) is 15.3. The molecular weight excluding hydrogens is 546 g/mol. The molecule has 0 aliphatic carbocycles. The zero-order chi connectivity index (χ0) is 29.4. The molecule has 0 unspecified atom stereocenters. The molecule has 0 saturated carbocycles. The van der Waals surface area contributed by atoms with Gasteiger partial charge in [-0.2, -0.15) is 0 Å². The van der Waals surface area contributed by atoms with E-state index in [1.54, 1.807) is 43.3 Å². The number of rotatable bonds is 12. The molecule has 3 aromatic rings. The van der Waals surface area contributed by atoms with Crippen molar-refractivity contribution in [3.8, 4) is 0 Å². The van der Waals surface area contributed by atoms with Crippen LogP contribution in [-0.4, -0.2) is 43.8 Å². The van der Waals surface area contributed by atoms with Crippen LogP contribution in [0, 0.1) is 13.8 Å². The van der Waals surface area contributed by atoms with Gasteiger partial charge in [0.25, 0.3) is 10.0 Å². The molecule has 0 fully saturated rings. The Morgan fingerprint density at radius 3 is 2.15 bits per heavy atom. The average Bonchev–Trinajstić information content (AvgIpc) is 2.94. The number of nitrogens with one attached hydrogen (secondary N) is 1. The van der Waals surface area contributed by atoms with Crippen molar-refractivity contribution in [3.63, 3.8) is 0 Å². The van der Waals surface area contributed by atoms with Gasteiger partial charge >= 0.3 is 0 Å². The van der Waals surface area contributed by atoms with Crippen LogP contribution in [0.15, 0.2) is 77.7 Å². The van der Waals surface area contributed by atoms with Gasteiger partial charge in [0.05, 0.1) is 10.6 Å². The Morgan fingerprint density at radius 1 is 0.900 bits per heavy atom. The van der Waals surface area contributed by atoms with E-state index in [4.69, 9.17) is 11.6 Å². The summed E-state index contributed by atoms with van der Waals surface area (Å²) >= 11 is 6.38. The number of benzene rings is 3. The Kier molecular flexibility index (Phi) is 10.8. The van der Waals surface area contributed by atoms with Crippen molar-refractivity contribution in [1.29, 1.82) is 0 Å². The first-order chi connectivity index (χ1) is 19.0. The number of hydrogen-bond donors (Lipinski definition) is 1. The fourth-order valence-corrected chi connectivity index (χ4v) is 6.01. The molecule has 0 heterocycles. The monoisotopic (exact) mass is 583 g/mol. The minimum Gasteiger partial charge on any atom is -0.352 e. The number of nitrogens with zero attached hydrogens (tertiary/aromatic N) is 2. The van der Waals surface area contributed by atoms with Gasteiger partial charge in [0.15, 0.2) is 0 Å². The molecule has 3 aromatic carbocycles. The summed E-state index contributed by atoms with van der Waals surface area (Å²) in [7, 11) is -4.15. The fourth-order valence-electron chi connectivity index (χ4n) is 4.35. The molecule has 40 heavy (non-hydrogen) atoms. The molecule has 0 radical (unpaired) electrons. The molecule has 0 aliphatic heterocycles. The van der Waals surface area contributed by atoms with Crippen LogP contribution in [0.2, 0.25) is 5.02 Å². The molecule has 9 heteroatoms. The van der Waals surface area contributed by atoms with Crippen LogP contribution >= 0.6 is 11.6 Å². The van der Waals surface area contributed by atoms with Gasteiger partial charge < -0.3 is 10.2 Å². The van der Waals surface area contributed by atoms with E-state index >= 15 is 0 Å². The summed E-state index contributed by atoms with van der Waals surface area (Å²) in [6, 6.07) is 19.8. The summed E-state index contributed by atoms with van der Waals surface area (Å²) in [5, 5.41) is 3.37. The Bertz CT molecular complexity index is 1410. The zero-order valence-corrected chi connectivity index (χ0v) is 25.3. The van der Waals surface area contributed by atoms with E-state index in [0.29, 0.717) is 22.7 Å². The number of aryl methyl sites for hydroxylation is 1. The molecule has 0 aliphatic rings. The maximum absolute atomic E-state index is 14.1. The van der Waals surface area contributed by atoms with Gasteiger partial charge in [-0.1, -0.05) is 79.5 Å². The Labute approximate surface area is 243 Å². The van der Waals surface area contributed by atoms with E-state index in [9.17, 15) is 18.0 Å². The highest BCUT2D eigenvalue weighted by atomic mass is 35.5. The lowest BCUT2D eigenvalue weighted by molar-refractivity contribution is -0.140. The molecule has 2 amide bonds. The van der Waals surface area contributed by atoms with Crippen molar-refractivity contribution >= 4 is 39.1 Å². The predicted octanol–water partition coefficient (Wildman–Crippen LogP) is 5.87. The van der Waals surface area contributed by atoms with Gasteiger partial charge in [0.2, 0.25) is 11.8 Å². The van der Waals surface area contributed by atoms with E-state index < -0.39 is 28.5 Å². The standard InChI is InChI=1S/C31H38ClN3O4S/c1-6-23(4)33-31(37)28(7-2)34(20-25-18-16-22(3)17-19-25)30(36)21-35(29-15-11-14-27(32)24(29)5)40(38,39)26-12-9-8-10-13-26/h8-19,23,28H,6-7,20-21H2,1-5H3,(H,33,37)/t23-,28+/m0/s1. The normalized spacial score (nSPS) is 12.8. The van der Waals surface area contributed by atoms with Crippen molar-refractivity contribution in [2.24, 2.45) is 0 Å². The zero-order valence-electron chi connectivity index (χ0n) is 23.7. The Hall–Kier alpha value is -3.36. The predicted molar refractivity (Wildman–Crippen MR) is 161 cm³/mol. The summed E-state index contributed by atoms with van der Waals surface area (Å²) in [5.41, 5.74) is 2.74. The summed E-state index contributed by atoms with van der Waals surface area (Å²) in [4.78, 5) is 29.0. The largest absolute Gasteiger partial charge is 0.352 e. The quantitative estimate of drug-likeness (QED) is 0.289. The van der Waals surface area contributed by atoms with E-state index in [0.717, 1.165) is 21.9 Å². The molecule has 214 valence electrons. The second-order valence-electron chi connectivity index (χ2n) is 9.96. The number of sulfonamides is 1. The van der Waals surface area contributed by atoms with Crippen molar-refractivity contribution in [2.75, 3.05) is 10.8 Å². The van der Waals surface area contributed by atoms with Gasteiger partial charge in [0.1, 0.15) is 12.6 Å². The van der Waals surface area contributed by atoms with Crippen LogP contribution < -0.4 is 9.62 Å². The van der Waals surface area contributed by atoms with Crippen molar-refractivity contribution in [2.45, 2.75) is 71.0 Å². The van der Waals surface area contributed by atoms with Gasteiger partial charge in [-0.15, -0.1) is 0 Å². The lowest BCUT2D eigenvalue weighted by Gasteiger charge is -2.34. The molecular formula is C31H38ClN3O4S. The van der Waals surface area contributed by atoms with Crippen LogP contribution in [0.1, 0.15) is 50.3 Å². The van der Waals surface area contributed by atoms with Gasteiger partial charge in [-0.05, 0) is 69.0 Å². The Balaban J connectivity index is 2.08. The SMILES string of the molecule is CC[C@H](C(=O)N[C@@H](C)CC)N(Cc1ccc(C)cc1)C(=O)CN(c1cccc(Cl)c1C)S(=O)(=O)c1ccccc1. The minimum absolute atomic E-state index is 0.0498. The third-order valence-electron chi connectivity index (χ3n) is 6.98. The van der Waals surface area contributed by atoms with Crippen LogP contribution in [0.5, 0.6) is 0 Å². The summed E-state index contributed by atoms with van der Waals surface area (Å²) in [5.74, 6) is -0.765. The molecule has 0 saturated heterocycles. The molecule has 0 aromatic heterocycles. The molecule has 3 rings (SSSR count). The van der Waals surface area contributed by atoms with Crippen LogP contribution in [0.4, 0.5) is 5.69 Å². The number of halogens is 1. The second-order valence-corrected chi connectivity index (χ2v) is 12.2. The van der Waals surface area contributed by atoms with E-state index in [-0.39, 0.29) is 23.4 Å². The maximum Gasteiger partial charge on any atom is 0.264 e. The molecule has 1 N–H and O–H groups in total. The van der Waals surface area contributed by atoms with Crippen LogP contribution in [0.3, 0.4) is 0 Å². The highest BCUT2D eigenvalue weighted by Gasteiger charge is 2.34. The Morgan fingerprint density at radius 2 is 1.55 bits per heavy atom. The number of amides is 2. The summed E-state index contributed by atoms with van der Waals surface area (Å²) in [6.07, 6.45) is 1.10. The lowest BCUT2D eigenvalue weighted by atomic mass is 10.1. The minimum atomic E-state index is -4.15. The van der Waals surface area contributed by atoms with Crippen LogP contribution in [0.25, 0.3) is 0 Å². The maximum atomic E-state index is 14.1. The molecule has 0 bridgehead atoms. The molecule has 0 spiro atoms. The smallest absolute Gasteiger partial charge is 0.264 e. The van der Waals surface area contributed by atoms with E-state index in [2.05, 4.69) is 5.32 Å². The molecule has 7 nitrogen and oxygen atoms in total. The van der Waals surface area contributed by atoms with Crippen LogP contribution in [-0.2, 0) is 26.2 Å².